The topological polar surface area (TPSA) is 31.5 Å². The van der Waals surface area contributed by atoms with E-state index in [0.29, 0.717) is 55.7 Å². The lowest BCUT2D eigenvalue weighted by molar-refractivity contribution is 0.0180. The standard InChI is InChI=1S/C29H34F5N3O/c1-16-8-20-21-9-17(31)10-24(34)26(21)35-27(20)28(37(16)15-29(2,3)4)25-22(32)11-18(12-23(25)33)38-19-13-36(14-19)7-5-6-30/h9-12,16,19,28,35H,5-8,13-15H2,1-4H3/t16-,28-/m1/s1. The van der Waals surface area contributed by atoms with Crippen LogP contribution in [0.2, 0.25) is 0 Å². The number of nitrogens with zero attached hydrogens (tertiary/aromatic N) is 2. The Balaban J connectivity index is 1.54. The largest absolute Gasteiger partial charge is 0.488 e. The van der Waals surface area contributed by atoms with Gasteiger partial charge in [-0.25, -0.2) is 17.6 Å². The number of rotatable bonds is 7. The molecule has 2 aromatic carbocycles. The Morgan fingerprint density at radius 1 is 1.00 bits per heavy atom. The summed E-state index contributed by atoms with van der Waals surface area (Å²) >= 11 is 0. The SMILES string of the molecule is C[C@@H]1Cc2c([nH]c3c(F)cc(F)cc23)[C@@H](c2c(F)cc(OC3CN(CCCF)C3)cc2F)N1CC(C)(C)C. The molecule has 1 saturated heterocycles. The summed E-state index contributed by atoms with van der Waals surface area (Å²) in [5.41, 5.74) is 0.930. The highest BCUT2D eigenvalue weighted by molar-refractivity contribution is 5.86. The summed E-state index contributed by atoms with van der Waals surface area (Å²) in [5, 5.41) is 0.396. The van der Waals surface area contributed by atoms with Crippen LogP contribution < -0.4 is 4.74 Å². The van der Waals surface area contributed by atoms with Crippen LogP contribution in [0.4, 0.5) is 22.0 Å². The van der Waals surface area contributed by atoms with E-state index in [2.05, 4.69) is 4.98 Å². The lowest BCUT2D eigenvalue weighted by Gasteiger charge is -2.44. The molecule has 9 heteroatoms. The minimum atomic E-state index is -0.864. The average Bonchev–Trinajstić information content (AvgIpc) is 3.14. The second-order valence-corrected chi connectivity index (χ2v) is 11.9. The van der Waals surface area contributed by atoms with Gasteiger partial charge in [0.2, 0.25) is 0 Å². The first-order valence-corrected chi connectivity index (χ1v) is 13.1. The molecule has 4 nitrogen and oxygen atoms in total. The maximum Gasteiger partial charge on any atom is 0.150 e. The van der Waals surface area contributed by atoms with Crippen LogP contribution in [0.25, 0.3) is 10.9 Å². The number of nitrogens with one attached hydrogen (secondary N) is 1. The maximum atomic E-state index is 15.8. The molecule has 0 aliphatic carbocycles. The van der Waals surface area contributed by atoms with E-state index in [0.717, 1.165) is 6.07 Å². The number of alkyl halides is 1. The first-order valence-electron chi connectivity index (χ1n) is 13.1. The molecule has 0 spiro atoms. The molecule has 2 aliphatic heterocycles. The van der Waals surface area contributed by atoms with Crippen molar-refractivity contribution in [1.29, 1.82) is 0 Å². The fourth-order valence-electron chi connectivity index (χ4n) is 5.83. The second kappa shape index (κ2) is 10.2. The van der Waals surface area contributed by atoms with Crippen LogP contribution in [0.5, 0.6) is 5.75 Å². The molecule has 0 amide bonds. The van der Waals surface area contributed by atoms with Crippen LogP contribution in [0, 0.1) is 28.7 Å². The summed E-state index contributed by atoms with van der Waals surface area (Å²) in [6.07, 6.45) is 0.710. The highest BCUT2D eigenvalue weighted by Gasteiger charge is 2.41. The molecule has 1 aromatic heterocycles. The molecule has 3 aromatic rings. The first kappa shape index (κ1) is 26.9. The zero-order chi connectivity index (χ0) is 27.4. The number of likely N-dealkylation sites (tertiary alicyclic amines) is 1. The number of H-pyrrole nitrogens is 1. The maximum absolute atomic E-state index is 15.8. The Labute approximate surface area is 219 Å². The predicted octanol–water partition coefficient (Wildman–Crippen LogP) is 6.53. The monoisotopic (exact) mass is 535 g/mol. The Hall–Kier alpha value is -2.65. The fraction of sp³-hybridized carbons (Fsp3) is 0.517. The van der Waals surface area contributed by atoms with Crippen molar-refractivity contribution in [1.82, 2.24) is 14.8 Å². The zero-order valence-corrected chi connectivity index (χ0v) is 22.2. The van der Waals surface area contributed by atoms with Gasteiger partial charge in [-0.1, -0.05) is 20.8 Å². The number of halogens is 5. The Morgan fingerprint density at radius 3 is 2.32 bits per heavy atom. The number of fused-ring (bicyclic) bond motifs is 3. The molecule has 38 heavy (non-hydrogen) atoms. The van der Waals surface area contributed by atoms with Crippen molar-refractivity contribution in [2.24, 2.45) is 5.41 Å². The third kappa shape index (κ3) is 5.15. The average molecular weight is 536 g/mol. The molecule has 0 radical (unpaired) electrons. The van der Waals surface area contributed by atoms with Crippen LogP contribution in [-0.4, -0.2) is 59.8 Å². The molecule has 0 unspecified atom stereocenters. The normalized spacial score (nSPS) is 21.1. The molecular formula is C29H34F5N3O. The van der Waals surface area contributed by atoms with Gasteiger partial charge in [0.15, 0.2) is 0 Å². The van der Waals surface area contributed by atoms with Crippen LogP contribution in [0.1, 0.15) is 57.0 Å². The van der Waals surface area contributed by atoms with Crippen molar-refractivity contribution in [2.45, 2.75) is 58.7 Å². The quantitative estimate of drug-likeness (QED) is 0.349. The van der Waals surface area contributed by atoms with Crippen LogP contribution >= 0.6 is 0 Å². The Bertz CT molecular complexity index is 1300. The van der Waals surface area contributed by atoms with Gasteiger partial charge >= 0.3 is 0 Å². The summed E-state index contributed by atoms with van der Waals surface area (Å²) in [5.74, 6) is -2.87. The van der Waals surface area contributed by atoms with Crippen molar-refractivity contribution < 1.29 is 26.7 Å². The van der Waals surface area contributed by atoms with Crippen molar-refractivity contribution in [3.8, 4) is 5.75 Å². The van der Waals surface area contributed by atoms with E-state index in [1.807, 2.05) is 37.5 Å². The third-order valence-electron chi connectivity index (χ3n) is 7.45. The molecule has 5 rings (SSSR count). The van der Waals surface area contributed by atoms with Crippen molar-refractivity contribution in [3.05, 3.63) is 64.4 Å². The first-order chi connectivity index (χ1) is 17.9. The van der Waals surface area contributed by atoms with Crippen LogP contribution in [0.15, 0.2) is 24.3 Å². The highest BCUT2D eigenvalue weighted by atomic mass is 19.1. The van der Waals surface area contributed by atoms with E-state index < -0.39 is 29.3 Å². The molecule has 1 fully saturated rings. The molecule has 3 heterocycles. The highest BCUT2D eigenvalue weighted by Crippen LogP contribution is 2.44. The van der Waals surface area contributed by atoms with E-state index in [1.54, 1.807) is 0 Å². The number of hydrogen-bond acceptors (Lipinski definition) is 3. The molecule has 1 N–H and O–H groups in total. The molecule has 206 valence electrons. The van der Waals surface area contributed by atoms with Crippen LogP contribution in [-0.2, 0) is 6.42 Å². The summed E-state index contributed by atoms with van der Waals surface area (Å²) in [7, 11) is 0. The Morgan fingerprint density at radius 2 is 1.68 bits per heavy atom. The van der Waals surface area contributed by atoms with E-state index in [-0.39, 0.29) is 41.1 Å². The fourth-order valence-corrected chi connectivity index (χ4v) is 5.83. The molecule has 2 atom stereocenters. The van der Waals surface area contributed by atoms with Gasteiger partial charge in [-0.3, -0.25) is 14.2 Å². The number of aromatic nitrogens is 1. The summed E-state index contributed by atoms with van der Waals surface area (Å²) in [6, 6.07) is 3.46. The van der Waals surface area contributed by atoms with Gasteiger partial charge in [0.25, 0.3) is 0 Å². The second-order valence-electron chi connectivity index (χ2n) is 11.9. The minimum Gasteiger partial charge on any atom is -0.488 e. The zero-order valence-electron chi connectivity index (χ0n) is 22.2. The number of hydrogen-bond donors (Lipinski definition) is 1. The lowest BCUT2D eigenvalue weighted by Crippen LogP contribution is -2.53. The predicted molar refractivity (Wildman–Crippen MR) is 137 cm³/mol. The van der Waals surface area contributed by atoms with Gasteiger partial charge in [0, 0.05) is 67.1 Å². The Kier molecular flexibility index (Phi) is 7.20. The molecular weight excluding hydrogens is 501 g/mol. The summed E-state index contributed by atoms with van der Waals surface area (Å²) in [6.45, 7) is 10.0. The summed E-state index contributed by atoms with van der Waals surface area (Å²) < 4.78 is 78.6. The van der Waals surface area contributed by atoms with Gasteiger partial charge in [-0.2, -0.15) is 0 Å². The van der Waals surface area contributed by atoms with Gasteiger partial charge in [0.05, 0.1) is 18.2 Å². The smallest absolute Gasteiger partial charge is 0.150 e. The van der Waals surface area contributed by atoms with Crippen molar-refractivity contribution in [3.63, 3.8) is 0 Å². The molecule has 0 saturated carbocycles. The lowest BCUT2D eigenvalue weighted by atomic mass is 9.85. The van der Waals surface area contributed by atoms with Crippen LogP contribution in [0.3, 0.4) is 0 Å². The van der Waals surface area contributed by atoms with E-state index in [4.69, 9.17) is 4.74 Å². The van der Waals surface area contributed by atoms with E-state index >= 15 is 8.78 Å². The van der Waals surface area contributed by atoms with Gasteiger partial charge < -0.3 is 9.72 Å². The van der Waals surface area contributed by atoms with Crippen molar-refractivity contribution in [2.75, 3.05) is 32.9 Å². The third-order valence-corrected chi connectivity index (χ3v) is 7.45. The summed E-state index contributed by atoms with van der Waals surface area (Å²) in [4.78, 5) is 7.11. The minimum absolute atomic E-state index is 0.0927. The van der Waals surface area contributed by atoms with Gasteiger partial charge in [-0.15, -0.1) is 0 Å². The molecule has 0 bridgehead atoms. The number of ether oxygens (including phenoxy) is 1. The van der Waals surface area contributed by atoms with E-state index in [9.17, 15) is 13.2 Å². The number of aromatic amines is 1. The van der Waals surface area contributed by atoms with Gasteiger partial charge in [-0.05, 0) is 36.8 Å². The van der Waals surface area contributed by atoms with Gasteiger partial charge in [0.1, 0.15) is 35.1 Å². The molecule has 2 aliphatic rings. The van der Waals surface area contributed by atoms with E-state index in [1.165, 1.54) is 18.2 Å². The number of benzene rings is 2. The van der Waals surface area contributed by atoms with Crippen molar-refractivity contribution >= 4 is 10.9 Å².